The molecule has 2 aromatic heterocycles. The standard InChI is InChI=1S/C26H28N6O/c1-2-3-5-10-22(16-28-18-33)32-26-23(25(27)29-17-30-26)24(31-32)21-13-11-20(12-14-21)15-19-8-6-4-7-9-19/h2,4,6-9,11-14,17-18,22H,1,3,5,10,15-16H2,(H,28,33)(H2,27,29,30). The van der Waals surface area contributed by atoms with Gasteiger partial charge in [-0.2, -0.15) is 5.10 Å². The largest absolute Gasteiger partial charge is 0.383 e. The van der Waals surface area contributed by atoms with Crippen molar-refractivity contribution in [1.82, 2.24) is 25.1 Å². The van der Waals surface area contributed by atoms with Gasteiger partial charge in [-0.1, -0.05) is 60.7 Å². The molecule has 0 spiro atoms. The maximum Gasteiger partial charge on any atom is 0.207 e. The Morgan fingerprint density at radius 2 is 1.82 bits per heavy atom. The first-order valence-electron chi connectivity index (χ1n) is 11.1. The second-order valence-electron chi connectivity index (χ2n) is 8.01. The third-order valence-corrected chi connectivity index (χ3v) is 5.72. The molecule has 1 amide bonds. The van der Waals surface area contributed by atoms with Crippen LogP contribution < -0.4 is 11.1 Å². The van der Waals surface area contributed by atoms with Crippen LogP contribution in [0.5, 0.6) is 0 Å². The molecule has 0 saturated heterocycles. The van der Waals surface area contributed by atoms with Crippen LogP contribution in [0.3, 0.4) is 0 Å². The van der Waals surface area contributed by atoms with Gasteiger partial charge < -0.3 is 11.1 Å². The molecule has 2 aromatic carbocycles. The lowest BCUT2D eigenvalue weighted by atomic mass is 10.0. The van der Waals surface area contributed by atoms with E-state index in [-0.39, 0.29) is 6.04 Å². The fourth-order valence-corrected chi connectivity index (χ4v) is 4.06. The van der Waals surface area contributed by atoms with E-state index in [1.807, 2.05) is 16.8 Å². The normalized spacial score (nSPS) is 11.9. The summed E-state index contributed by atoms with van der Waals surface area (Å²) in [5.41, 5.74) is 11.1. The lowest BCUT2D eigenvalue weighted by molar-refractivity contribution is -0.109. The van der Waals surface area contributed by atoms with Gasteiger partial charge in [0, 0.05) is 12.1 Å². The Balaban J connectivity index is 1.70. The number of amides is 1. The number of aromatic nitrogens is 4. The number of fused-ring (bicyclic) bond motifs is 1. The topological polar surface area (TPSA) is 98.7 Å². The fourth-order valence-electron chi connectivity index (χ4n) is 4.06. The summed E-state index contributed by atoms with van der Waals surface area (Å²) in [6, 6.07) is 18.7. The van der Waals surface area contributed by atoms with Crippen LogP contribution in [0.15, 0.2) is 73.6 Å². The number of hydrogen-bond donors (Lipinski definition) is 2. The van der Waals surface area contributed by atoms with Gasteiger partial charge in [0.05, 0.1) is 11.4 Å². The highest BCUT2D eigenvalue weighted by molar-refractivity contribution is 5.98. The van der Waals surface area contributed by atoms with Crippen molar-refractivity contribution in [3.05, 3.63) is 84.7 Å². The minimum atomic E-state index is -0.0574. The second kappa shape index (κ2) is 10.5. The highest BCUT2D eigenvalue weighted by Gasteiger charge is 2.22. The van der Waals surface area contributed by atoms with Gasteiger partial charge in [0.15, 0.2) is 5.65 Å². The number of carbonyl (C=O) groups is 1. The van der Waals surface area contributed by atoms with Crippen molar-refractivity contribution < 1.29 is 4.79 Å². The van der Waals surface area contributed by atoms with Crippen LogP contribution in [0.25, 0.3) is 22.3 Å². The number of carbonyl (C=O) groups excluding carboxylic acids is 1. The van der Waals surface area contributed by atoms with Gasteiger partial charge in [0.2, 0.25) is 6.41 Å². The molecule has 4 aromatic rings. The maximum absolute atomic E-state index is 11.0. The van der Waals surface area contributed by atoms with Gasteiger partial charge in [0.1, 0.15) is 17.8 Å². The zero-order chi connectivity index (χ0) is 23.0. The van der Waals surface area contributed by atoms with E-state index in [2.05, 4.69) is 70.4 Å². The number of nitrogens with one attached hydrogen (secondary N) is 1. The molecule has 0 fully saturated rings. The highest BCUT2D eigenvalue weighted by atomic mass is 16.1. The highest BCUT2D eigenvalue weighted by Crippen LogP contribution is 2.32. The third-order valence-electron chi connectivity index (χ3n) is 5.72. The van der Waals surface area contributed by atoms with Crippen LogP contribution in [-0.2, 0) is 11.2 Å². The zero-order valence-corrected chi connectivity index (χ0v) is 18.5. The molecule has 7 heteroatoms. The minimum absolute atomic E-state index is 0.0574. The fraction of sp³-hybridized carbons (Fsp3) is 0.231. The van der Waals surface area contributed by atoms with Crippen molar-refractivity contribution in [3.8, 4) is 11.3 Å². The molecule has 0 radical (unpaired) electrons. The van der Waals surface area contributed by atoms with Crippen LogP contribution in [0.1, 0.15) is 36.4 Å². The average molecular weight is 441 g/mol. The Hall–Kier alpha value is -4.00. The molecular weight excluding hydrogens is 412 g/mol. The van der Waals surface area contributed by atoms with E-state index in [0.717, 1.165) is 42.3 Å². The van der Waals surface area contributed by atoms with Crippen molar-refractivity contribution in [2.75, 3.05) is 12.3 Å². The zero-order valence-electron chi connectivity index (χ0n) is 18.5. The van der Waals surface area contributed by atoms with Gasteiger partial charge in [-0.25, -0.2) is 14.6 Å². The average Bonchev–Trinajstić information content (AvgIpc) is 3.23. The number of benzene rings is 2. The number of nitrogen functional groups attached to an aromatic ring is 1. The molecule has 3 N–H and O–H groups in total. The summed E-state index contributed by atoms with van der Waals surface area (Å²) in [7, 11) is 0. The molecule has 7 nitrogen and oxygen atoms in total. The van der Waals surface area contributed by atoms with Crippen LogP contribution in [0.2, 0.25) is 0 Å². The summed E-state index contributed by atoms with van der Waals surface area (Å²) in [5.74, 6) is 0.391. The summed E-state index contributed by atoms with van der Waals surface area (Å²) in [6.07, 6.45) is 7.57. The molecular formula is C26H28N6O. The number of hydrogen-bond acceptors (Lipinski definition) is 5. The SMILES string of the molecule is C=CCCCC(CNC=O)n1nc(-c2ccc(Cc3ccccc3)cc2)c2c(N)ncnc21. The predicted molar refractivity (Wildman–Crippen MR) is 132 cm³/mol. The molecule has 0 aliphatic rings. The monoisotopic (exact) mass is 440 g/mol. The molecule has 0 bridgehead atoms. The maximum atomic E-state index is 11.0. The Labute approximate surface area is 193 Å². The molecule has 0 aliphatic heterocycles. The van der Waals surface area contributed by atoms with E-state index in [1.165, 1.54) is 17.5 Å². The summed E-state index contributed by atoms with van der Waals surface area (Å²) >= 11 is 0. The number of anilines is 1. The first-order chi connectivity index (χ1) is 16.2. The number of unbranched alkanes of at least 4 members (excludes halogenated alkanes) is 1. The molecule has 0 saturated carbocycles. The number of nitrogens with zero attached hydrogens (tertiary/aromatic N) is 4. The summed E-state index contributed by atoms with van der Waals surface area (Å²) < 4.78 is 1.88. The van der Waals surface area contributed by atoms with Crippen LogP contribution >= 0.6 is 0 Å². The summed E-state index contributed by atoms with van der Waals surface area (Å²) in [4.78, 5) is 19.7. The van der Waals surface area contributed by atoms with E-state index in [4.69, 9.17) is 10.8 Å². The lowest BCUT2D eigenvalue weighted by Crippen LogP contribution is -2.25. The van der Waals surface area contributed by atoms with Crippen molar-refractivity contribution in [3.63, 3.8) is 0 Å². The Morgan fingerprint density at radius 1 is 1.06 bits per heavy atom. The molecule has 33 heavy (non-hydrogen) atoms. The van der Waals surface area contributed by atoms with Crippen LogP contribution in [-0.4, -0.2) is 32.7 Å². The van der Waals surface area contributed by atoms with Gasteiger partial charge in [-0.05, 0) is 36.8 Å². The number of nitrogens with two attached hydrogens (primary N) is 1. The van der Waals surface area contributed by atoms with Gasteiger partial charge in [-0.15, -0.1) is 6.58 Å². The van der Waals surface area contributed by atoms with Gasteiger partial charge in [-0.3, -0.25) is 4.79 Å². The Morgan fingerprint density at radius 3 is 2.55 bits per heavy atom. The van der Waals surface area contributed by atoms with Crippen LogP contribution in [0, 0.1) is 0 Å². The van der Waals surface area contributed by atoms with Crippen molar-refractivity contribution >= 4 is 23.3 Å². The quantitative estimate of drug-likeness (QED) is 0.206. The number of allylic oxidation sites excluding steroid dienone is 1. The third kappa shape index (κ3) is 5.09. The van der Waals surface area contributed by atoms with E-state index in [1.54, 1.807) is 0 Å². The minimum Gasteiger partial charge on any atom is -0.383 e. The molecule has 0 aliphatic carbocycles. The van der Waals surface area contributed by atoms with Crippen molar-refractivity contribution in [2.45, 2.75) is 31.7 Å². The lowest BCUT2D eigenvalue weighted by Gasteiger charge is -2.17. The first-order valence-corrected chi connectivity index (χ1v) is 11.1. The second-order valence-corrected chi connectivity index (χ2v) is 8.01. The van der Waals surface area contributed by atoms with Crippen LogP contribution in [0.4, 0.5) is 5.82 Å². The molecule has 1 unspecified atom stereocenters. The van der Waals surface area contributed by atoms with Crippen molar-refractivity contribution in [2.24, 2.45) is 0 Å². The first kappa shape index (κ1) is 22.2. The van der Waals surface area contributed by atoms with Gasteiger partial charge >= 0.3 is 0 Å². The Bertz CT molecular complexity index is 1220. The molecule has 1 atom stereocenters. The predicted octanol–water partition coefficient (Wildman–Crippen LogP) is 4.31. The molecule has 168 valence electrons. The van der Waals surface area contributed by atoms with Crippen molar-refractivity contribution in [1.29, 1.82) is 0 Å². The van der Waals surface area contributed by atoms with E-state index in [9.17, 15) is 4.79 Å². The molecule has 2 heterocycles. The number of rotatable bonds is 11. The smallest absolute Gasteiger partial charge is 0.207 e. The Kier molecular flexibility index (Phi) is 7.09. The summed E-state index contributed by atoms with van der Waals surface area (Å²) in [5, 5.41) is 8.44. The molecule has 4 rings (SSSR count). The van der Waals surface area contributed by atoms with E-state index >= 15 is 0 Å². The van der Waals surface area contributed by atoms with E-state index < -0.39 is 0 Å². The van der Waals surface area contributed by atoms with Gasteiger partial charge in [0.25, 0.3) is 0 Å². The van der Waals surface area contributed by atoms with E-state index in [0.29, 0.717) is 24.4 Å². The summed E-state index contributed by atoms with van der Waals surface area (Å²) in [6.45, 7) is 4.25.